The van der Waals surface area contributed by atoms with Gasteiger partial charge in [0.2, 0.25) is 0 Å². The smallest absolute Gasteiger partial charge is 0.232 e. The van der Waals surface area contributed by atoms with E-state index < -0.39 is 6.85 Å². The topological polar surface area (TPSA) is 16.8 Å². The van der Waals surface area contributed by atoms with E-state index in [1.54, 1.807) is 18.6 Å². The van der Waals surface area contributed by atoms with Crippen LogP contribution in [0.1, 0.15) is 15.2 Å². The van der Waals surface area contributed by atoms with E-state index >= 15 is 0 Å². The van der Waals surface area contributed by atoms with Crippen LogP contribution in [-0.2, 0) is 7.05 Å². The molecule has 0 aliphatic heterocycles. The average molecular weight is 354 g/mol. The Balaban J connectivity index is 1.98. The van der Waals surface area contributed by atoms with Crippen molar-refractivity contribution in [1.29, 1.82) is 0 Å². The third-order valence-electron chi connectivity index (χ3n) is 4.87. The highest BCUT2D eigenvalue weighted by atomic mass is 15.0. The van der Waals surface area contributed by atoms with Crippen LogP contribution in [0, 0.1) is 13.8 Å². The summed E-state index contributed by atoms with van der Waals surface area (Å²) >= 11 is 0. The van der Waals surface area contributed by atoms with Crippen molar-refractivity contribution in [3.05, 3.63) is 96.4 Å². The van der Waals surface area contributed by atoms with Gasteiger partial charge in [0.25, 0.3) is 6.33 Å². The monoisotopic (exact) mass is 354 g/mol. The van der Waals surface area contributed by atoms with Gasteiger partial charge in [-0.25, -0.2) is 4.57 Å². The quantitative estimate of drug-likeness (QED) is 0.442. The van der Waals surface area contributed by atoms with Crippen molar-refractivity contribution in [3.8, 4) is 33.5 Å². The van der Waals surface area contributed by atoms with Crippen LogP contribution in [0.25, 0.3) is 33.5 Å². The van der Waals surface area contributed by atoms with Gasteiger partial charge >= 0.3 is 0 Å². The Bertz CT molecular complexity index is 1200. The highest BCUT2D eigenvalue weighted by Crippen LogP contribution is 2.34. The van der Waals surface area contributed by atoms with E-state index in [-0.39, 0.29) is 0 Å². The highest BCUT2D eigenvalue weighted by molar-refractivity contribution is 5.82. The van der Waals surface area contributed by atoms with Crippen LogP contribution in [0.4, 0.5) is 0 Å². The third kappa shape index (κ3) is 3.26. The Labute approximate surface area is 165 Å². The van der Waals surface area contributed by atoms with Crippen LogP contribution in [0.15, 0.2) is 85.3 Å². The van der Waals surface area contributed by atoms with Crippen LogP contribution in [-0.4, -0.2) is 4.98 Å². The van der Waals surface area contributed by atoms with Gasteiger partial charge in [0, 0.05) is 9.68 Å². The lowest BCUT2D eigenvalue weighted by Crippen LogP contribution is -2.32. The average Bonchev–Trinajstić information content (AvgIpc) is 2.74. The van der Waals surface area contributed by atoms with Gasteiger partial charge in [0.1, 0.15) is 5.69 Å². The van der Waals surface area contributed by atoms with Crippen molar-refractivity contribution in [2.24, 2.45) is 7.05 Å². The largest absolute Gasteiger partial charge is 0.286 e. The Hall–Kier alpha value is -3.26. The molecule has 0 amide bonds. The first kappa shape index (κ1) is 13.9. The molecule has 2 nitrogen and oxygen atoms in total. The maximum absolute atomic E-state index is 8.20. The van der Waals surface area contributed by atoms with Crippen LogP contribution in [0.5, 0.6) is 0 Å². The van der Waals surface area contributed by atoms with Gasteiger partial charge in [-0.1, -0.05) is 77.8 Å². The molecule has 0 aliphatic rings. The summed E-state index contributed by atoms with van der Waals surface area (Å²) in [7, 11) is 1.94. The molecule has 2 heteroatoms. The lowest BCUT2D eigenvalue weighted by molar-refractivity contribution is -0.663. The zero-order valence-corrected chi connectivity index (χ0v) is 15.5. The van der Waals surface area contributed by atoms with E-state index in [0.29, 0.717) is 11.1 Å². The molecule has 1 aromatic heterocycles. The first-order valence-corrected chi connectivity index (χ1v) is 8.96. The number of rotatable bonds is 3. The third-order valence-corrected chi connectivity index (χ3v) is 4.87. The summed E-state index contributed by atoms with van der Waals surface area (Å²) in [5, 5.41) is 0. The number of hydrogen-bond acceptors (Lipinski definition) is 1. The molecular weight excluding hydrogens is 328 g/mol. The predicted octanol–water partition coefficient (Wildman–Crippen LogP) is 5.52. The molecule has 0 aliphatic carbocycles. The van der Waals surface area contributed by atoms with E-state index in [1.165, 1.54) is 0 Å². The minimum Gasteiger partial charge on any atom is -0.232 e. The summed E-state index contributed by atoms with van der Waals surface area (Å²) in [6.45, 7) is -0.194. The summed E-state index contributed by atoms with van der Waals surface area (Å²) in [6, 6.07) is 23.6. The van der Waals surface area contributed by atoms with Crippen molar-refractivity contribution >= 4 is 0 Å². The van der Waals surface area contributed by atoms with Crippen LogP contribution < -0.4 is 4.57 Å². The van der Waals surface area contributed by atoms with Gasteiger partial charge in [-0.05, 0) is 41.6 Å². The maximum atomic E-state index is 8.20. The van der Waals surface area contributed by atoms with Crippen molar-refractivity contribution in [3.63, 3.8) is 0 Å². The molecule has 132 valence electrons. The molecule has 4 rings (SSSR count). The molecule has 0 unspecified atom stereocenters. The Morgan fingerprint density at radius 3 is 2.33 bits per heavy atom. The number of benzene rings is 3. The second kappa shape index (κ2) is 7.16. The number of aromatic nitrogens is 2. The van der Waals surface area contributed by atoms with Crippen molar-refractivity contribution < 1.29 is 8.68 Å². The molecule has 0 atom stereocenters. The zero-order valence-electron chi connectivity index (χ0n) is 18.5. The van der Waals surface area contributed by atoms with Crippen LogP contribution in [0.3, 0.4) is 0 Å². The Kier molecular flexibility index (Phi) is 3.68. The minimum atomic E-state index is -2.25. The van der Waals surface area contributed by atoms with Crippen molar-refractivity contribution in [1.82, 2.24) is 4.98 Å². The fraction of sp³-hybridized carbons (Fsp3) is 0.120. The molecule has 0 saturated carbocycles. The second-order valence-corrected chi connectivity index (χ2v) is 6.71. The zero-order chi connectivity index (χ0) is 21.3. The van der Waals surface area contributed by atoms with E-state index in [0.717, 1.165) is 33.5 Å². The minimum absolute atomic E-state index is 0.326. The first-order valence-electron chi connectivity index (χ1n) is 10.5. The molecule has 0 radical (unpaired) electrons. The van der Waals surface area contributed by atoms with Gasteiger partial charge in [-0.15, -0.1) is 0 Å². The molecule has 0 fully saturated rings. The van der Waals surface area contributed by atoms with Gasteiger partial charge in [0.05, 0.1) is 12.6 Å². The van der Waals surface area contributed by atoms with E-state index in [1.807, 2.05) is 66.2 Å². The fourth-order valence-electron chi connectivity index (χ4n) is 3.48. The summed E-state index contributed by atoms with van der Waals surface area (Å²) in [5.74, 6) is 0. The molecule has 27 heavy (non-hydrogen) atoms. The lowest BCUT2D eigenvalue weighted by atomic mass is 9.92. The van der Waals surface area contributed by atoms with E-state index in [2.05, 4.69) is 24.0 Å². The second-order valence-electron chi connectivity index (χ2n) is 6.71. The number of nitrogens with zero attached hydrogens (tertiary/aromatic N) is 2. The highest BCUT2D eigenvalue weighted by Gasteiger charge is 2.19. The first-order chi connectivity index (χ1) is 14.4. The van der Waals surface area contributed by atoms with E-state index in [9.17, 15) is 0 Å². The summed E-state index contributed by atoms with van der Waals surface area (Å²) in [4.78, 5) is 4.36. The molecule has 0 N–H and O–H groups in total. The molecule has 0 bridgehead atoms. The van der Waals surface area contributed by atoms with Crippen LogP contribution in [0.2, 0.25) is 0 Å². The van der Waals surface area contributed by atoms with Gasteiger partial charge in [0.15, 0.2) is 6.20 Å². The number of hydrogen-bond donors (Lipinski definition) is 0. The summed E-state index contributed by atoms with van der Waals surface area (Å²) < 4.78 is 26.5. The molecule has 3 aromatic carbocycles. The van der Waals surface area contributed by atoms with Gasteiger partial charge in [-0.2, -0.15) is 0 Å². The van der Waals surface area contributed by atoms with Crippen molar-refractivity contribution in [2.45, 2.75) is 13.8 Å². The summed E-state index contributed by atoms with van der Waals surface area (Å²) in [5.41, 5.74) is 6.81. The SMILES string of the molecule is [2H]C([2H])([2H])c1cc(-c2ccccc2)ccc1-c1cnc[n+](C)c1-c1ccccc1C. The van der Waals surface area contributed by atoms with Crippen molar-refractivity contribution in [2.75, 3.05) is 0 Å². The molecule has 0 spiro atoms. The standard InChI is InChI=1S/C25H23N2/c1-18-9-7-8-12-23(18)25-24(16-26-17-27(25)3)22-14-13-21(15-19(22)2)20-10-5-4-6-11-20/h4-17H,1-3H3/q+1/i2D3. The lowest BCUT2D eigenvalue weighted by Gasteiger charge is -2.13. The normalized spacial score (nSPS) is 12.9. The molecular formula is C25H23N2+. The van der Waals surface area contributed by atoms with Gasteiger partial charge in [-0.3, -0.25) is 0 Å². The molecule has 4 aromatic rings. The Morgan fingerprint density at radius 2 is 1.56 bits per heavy atom. The maximum Gasteiger partial charge on any atom is 0.286 e. The van der Waals surface area contributed by atoms with Crippen LogP contribution >= 0.6 is 0 Å². The van der Waals surface area contributed by atoms with Gasteiger partial charge < -0.3 is 0 Å². The molecule has 0 saturated heterocycles. The predicted molar refractivity (Wildman–Crippen MR) is 111 cm³/mol. The summed E-state index contributed by atoms with van der Waals surface area (Å²) in [6.07, 6.45) is 3.51. The number of aryl methyl sites for hydroxylation is 3. The fourth-order valence-corrected chi connectivity index (χ4v) is 3.48. The molecule has 1 heterocycles. The van der Waals surface area contributed by atoms with E-state index in [4.69, 9.17) is 4.11 Å². The Morgan fingerprint density at radius 1 is 0.778 bits per heavy atom.